The fraction of sp³-hybridized carbons (Fsp3) is 0.433. The molecular weight excluding hydrogens is 562 g/mol. The molecule has 1 fully saturated rings. The third kappa shape index (κ3) is 5.87. The maximum absolute atomic E-state index is 14.2. The van der Waals surface area contributed by atoms with Gasteiger partial charge in [0.25, 0.3) is 11.5 Å². The molecule has 1 aliphatic carbocycles. The molecule has 0 radical (unpaired) electrons. The number of carbonyl (C=O) groups excluding carboxylic acids is 1. The topological polar surface area (TPSA) is 122 Å². The maximum atomic E-state index is 14.2. The summed E-state index contributed by atoms with van der Waals surface area (Å²) in [5.41, 5.74) is -0.366. The molecule has 6 rings (SSSR count). The van der Waals surface area contributed by atoms with Gasteiger partial charge >= 0.3 is 0 Å². The number of benzene rings is 1. The molecule has 1 saturated heterocycles. The molecule has 3 aromatic rings. The first kappa shape index (κ1) is 28.9. The molecule has 11 nitrogen and oxygen atoms in total. The van der Waals surface area contributed by atoms with Gasteiger partial charge in [-0.1, -0.05) is 36.4 Å². The van der Waals surface area contributed by atoms with Crippen LogP contribution in [0.25, 0.3) is 0 Å². The van der Waals surface area contributed by atoms with Gasteiger partial charge in [-0.2, -0.15) is 5.10 Å². The highest BCUT2D eigenvalue weighted by Gasteiger charge is 2.42. The van der Waals surface area contributed by atoms with Gasteiger partial charge in [0.1, 0.15) is 31.3 Å². The molecule has 2 atom stereocenters. The lowest BCUT2D eigenvalue weighted by molar-refractivity contribution is 0.00412. The molecule has 13 heteroatoms. The van der Waals surface area contributed by atoms with Crippen molar-refractivity contribution in [3.63, 3.8) is 0 Å². The van der Waals surface area contributed by atoms with E-state index >= 15 is 0 Å². The second-order valence-corrected chi connectivity index (χ2v) is 10.8. The molecule has 43 heavy (non-hydrogen) atoms. The van der Waals surface area contributed by atoms with E-state index in [-0.39, 0.29) is 37.0 Å². The lowest BCUT2D eigenvalue weighted by Crippen LogP contribution is -2.44. The van der Waals surface area contributed by atoms with Crippen molar-refractivity contribution in [1.82, 2.24) is 29.6 Å². The number of carbonyl (C=O) groups is 1. The summed E-state index contributed by atoms with van der Waals surface area (Å²) in [6, 6.07) is 8.58. The van der Waals surface area contributed by atoms with E-state index in [1.54, 1.807) is 10.6 Å². The van der Waals surface area contributed by atoms with Crippen molar-refractivity contribution >= 4 is 5.91 Å². The minimum absolute atomic E-state index is 0.0235. The summed E-state index contributed by atoms with van der Waals surface area (Å²) < 4.78 is 48.2. The summed E-state index contributed by atoms with van der Waals surface area (Å²) >= 11 is 0. The lowest BCUT2D eigenvalue weighted by Gasteiger charge is -2.36. The first-order valence-electron chi connectivity index (χ1n) is 14.2. The summed E-state index contributed by atoms with van der Waals surface area (Å²) in [5, 5.41) is 6.92. The van der Waals surface area contributed by atoms with E-state index in [1.807, 2.05) is 30.3 Å². The minimum atomic E-state index is -0.879. The van der Waals surface area contributed by atoms with Crippen LogP contribution in [0, 0.1) is 5.92 Å². The Morgan fingerprint density at radius 1 is 1.16 bits per heavy atom. The van der Waals surface area contributed by atoms with Crippen LogP contribution in [0.5, 0.6) is 5.75 Å². The monoisotopic (exact) mass is 594 g/mol. The zero-order valence-corrected chi connectivity index (χ0v) is 23.5. The van der Waals surface area contributed by atoms with Gasteiger partial charge in [-0.05, 0) is 30.6 Å². The number of ether oxygens (including phenoxy) is 3. The quantitative estimate of drug-likeness (QED) is 0.423. The van der Waals surface area contributed by atoms with Gasteiger partial charge in [-0.3, -0.25) is 14.2 Å². The second-order valence-electron chi connectivity index (χ2n) is 10.8. The summed E-state index contributed by atoms with van der Waals surface area (Å²) in [6.45, 7) is 1.12. The SMILES string of the molecule is O=C(NCC1C=CC(F)=C[C@H]1n1ncnc1CF)c1nc2n(c(=O)c1OCc1ccccc1)CCOCC21CCOCC1. The van der Waals surface area contributed by atoms with Crippen molar-refractivity contribution in [2.24, 2.45) is 5.92 Å². The number of alkyl halides is 1. The number of halogens is 2. The Morgan fingerprint density at radius 3 is 2.77 bits per heavy atom. The van der Waals surface area contributed by atoms with Gasteiger partial charge in [-0.25, -0.2) is 23.4 Å². The smallest absolute Gasteiger partial charge is 0.296 e. The summed E-state index contributed by atoms with van der Waals surface area (Å²) in [5.74, 6) is -1.25. The first-order chi connectivity index (χ1) is 21.0. The maximum Gasteiger partial charge on any atom is 0.296 e. The number of nitrogens with one attached hydrogen (secondary N) is 1. The third-order valence-electron chi connectivity index (χ3n) is 8.15. The normalized spacial score (nSPS) is 21.1. The molecule has 0 bridgehead atoms. The molecule has 4 heterocycles. The van der Waals surface area contributed by atoms with Crippen molar-refractivity contribution in [3.05, 3.63) is 94.0 Å². The molecule has 1 N–H and O–H groups in total. The van der Waals surface area contributed by atoms with E-state index in [0.717, 1.165) is 5.56 Å². The number of hydrogen-bond acceptors (Lipinski definition) is 8. The van der Waals surface area contributed by atoms with E-state index in [2.05, 4.69) is 15.4 Å². The summed E-state index contributed by atoms with van der Waals surface area (Å²) in [4.78, 5) is 36.5. The average Bonchev–Trinajstić information content (AvgIpc) is 3.45. The molecule has 1 unspecified atom stereocenters. The number of allylic oxidation sites excluding steroid dienone is 3. The number of amides is 1. The highest BCUT2D eigenvalue weighted by atomic mass is 19.1. The molecule has 0 saturated carbocycles. The fourth-order valence-electron chi connectivity index (χ4n) is 5.81. The first-order valence-corrected chi connectivity index (χ1v) is 14.2. The Balaban J connectivity index is 1.33. The predicted octanol–water partition coefficient (Wildman–Crippen LogP) is 2.97. The Labute approximate surface area is 246 Å². The van der Waals surface area contributed by atoms with E-state index in [0.29, 0.717) is 45.1 Å². The lowest BCUT2D eigenvalue weighted by atomic mass is 9.80. The van der Waals surface area contributed by atoms with Crippen LogP contribution in [0.3, 0.4) is 0 Å². The van der Waals surface area contributed by atoms with Crippen LogP contribution in [0.2, 0.25) is 0 Å². The number of nitrogens with zero attached hydrogens (tertiary/aromatic N) is 5. The zero-order chi connectivity index (χ0) is 29.8. The molecule has 1 amide bonds. The molecule has 1 aromatic carbocycles. The largest absolute Gasteiger partial charge is 0.481 e. The molecule has 3 aliphatic rings. The zero-order valence-electron chi connectivity index (χ0n) is 23.5. The predicted molar refractivity (Wildman–Crippen MR) is 150 cm³/mol. The molecule has 2 aliphatic heterocycles. The van der Waals surface area contributed by atoms with Crippen LogP contribution in [0.15, 0.2) is 65.5 Å². The van der Waals surface area contributed by atoms with Gasteiger partial charge in [0.2, 0.25) is 5.75 Å². The van der Waals surface area contributed by atoms with E-state index in [1.165, 1.54) is 23.2 Å². The Kier molecular flexibility index (Phi) is 8.43. The van der Waals surface area contributed by atoms with Crippen molar-refractivity contribution in [3.8, 4) is 5.75 Å². The van der Waals surface area contributed by atoms with E-state index < -0.39 is 41.3 Å². The molecular formula is C30H32F2N6O5. The van der Waals surface area contributed by atoms with Crippen LogP contribution in [-0.4, -0.2) is 63.2 Å². The Bertz CT molecular complexity index is 1580. The van der Waals surface area contributed by atoms with Crippen LogP contribution in [0.1, 0.15) is 46.6 Å². The Hall–Kier alpha value is -4.23. The van der Waals surface area contributed by atoms with E-state index in [4.69, 9.17) is 19.2 Å². The third-order valence-corrected chi connectivity index (χ3v) is 8.15. The molecule has 2 aromatic heterocycles. The highest BCUT2D eigenvalue weighted by molar-refractivity contribution is 5.94. The van der Waals surface area contributed by atoms with Crippen molar-refractivity contribution in [1.29, 1.82) is 0 Å². The van der Waals surface area contributed by atoms with Crippen LogP contribution >= 0.6 is 0 Å². The highest BCUT2D eigenvalue weighted by Crippen LogP contribution is 2.36. The van der Waals surface area contributed by atoms with Crippen LogP contribution < -0.4 is 15.6 Å². The van der Waals surface area contributed by atoms with Gasteiger partial charge in [0, 0.05) is 25.7 Å². The van der Waals surface area contributed by atoms with Crippen molar-refractivity contribution in [2.75, 3.05) is 33.0 Å². The number of aromatic nitrogens is 5. The number of fused-ring (bicyclic) bond motifs is 2. The molecule has 1 spiro atoms. The summed E-state index contributed by atoms with van der Waals surface area (Å²) in [6.07, 6.45) is 6.56. The average molecular weight is 595 g/mol. The van der Waals surface area contributed by atoms with Crippen molar-refractivity contribution in [2.45, 2.75) is 44.1 Å². The fourth-order valence-corrected chi connectivity index (χ4v) is 5.81. The second kappa shape index (κ2) is 12.6. The number of hydrogen-bond donors (Lipinski definition) is 1. The van der Waals surface area contributed by atoms with Crippen molar-refractivity contribution < 1.29 is 27.8 Å². The van der Waals surface area contributed by atoms with Crippen LogP contribution in [0.4, 0.5) is 8.78 Å². The van der Waals surface area contributed by atoms with Gasteiger partial charge < -0.3 is 19.5 Å². The molecule has 226 valence electrons. The Morgan fingerprint density at radius 2 is 1.98 bits per heavy atom. The number of rotatable bonds is 8. The van der Waals surface area contributed by atoms with Crippen LogP contribution in [-0.2, 0) is 34.7 Å². The minimum Gasteiger partial charge on any atom is -0.481 e. The standard InChI is InChI=1S/C30H32F2N6O5/c31-15-24-34-19-35-38(24)23-14-22(32)7-6-21(23)16-33-27(39)25-26(43-17-20-4-2-1-3-5-20)28(40)37-10-13-42-18-30(29(37)36-25)8-11-41-12-9-30/h1-7,14,19,21,23H,8-13,15-18H2,(H,33,39)/t21?,23-/m1/s1. The van der Waals surface area contributed by atoms with Gasteiger partial charge in [0.05, 0.1) is 31.2 Å². The summed E-state index contributed by atoms with van der Waals surface area (Å²) in [7, 11) is 0. The van der Waals surface area contributed by atoms with E-state index in [9.17, 15) is 18.4 Å². The van der Waals surface area contributed by atoms with Gasteiger partial charge in [-0.15, -0.1) is 0 Å². The van der Waals surface area contributed by atoms with Gasteiger partial charge in [0.15, 0.2) is 11.5 Å².